The summed E-state index contributed by atoms with van der Waals surface area (Å²) >= 11 is 3.20. The van der Waals surface area contributed by atoms with E-state index in [-0.39, 0.29) is 18.0 Å². The number of halogens is 1. The number of nitrogens with zero attached hydrogens (tertiary/aromatic N) is 5. The summed E-state index contributed by atoms with van der Waals surface area (Å²) in [5, 5.41) is 2.85. The molecule has 2 unspecified atom stereocenters. The van der Waals surface area contributed by atoms with Crippen LogP contribution in [0.4, 0.5) is 5.13 Å². The van der Waals surface area contributed by atoms with Crippen LogP contribution in [0.3, 0.4) is 0 Å². The zero-order valence-corrected chi connectivity index (χ0v) is 18.9. The third-order valence-electron chi connectivity index (χ3n) is 5.76. The van der Waals surface area contributed by atoms with Crippen molar-refractivity contribution in [2.24, 2.45) is 0 Å². The fourth-order valence-electron chi connectivity index (χ4n) is 3.84. The lowest BCUT2D eigenvalue weighted by Gasteiger charge is -2.39. The highest BCUT2D eigenvalue weighted by atomic mass is 35.5. The van der Waals surface area contributed by atoms with E-state index in [4.69, 9.17) is 9.97 Å². The first-order chi connectivity index (χ1) is 13.5. The van der Waals surface area contributed by atoms with E-state index >= 15 is 0 Å². The SMILES string of the molecule is CC1CC(N(C)c2nc3sc(-n4ccc5ccc(=O)[nH]c54)nc3s2)CCN1C.Cl. The van der Waals surface area contributed by atoms with Crippen LogP contribution in [0.2, 0.25) is 0 Å². The Morgan fingerprint density at radius 3 is 2.76 bits per heavy atom. The van der Waals surface area contributed by atoms with E-state index in [1.54, 1.807) is 28.7 Å². The monoisotopic (exact) mass is 450 g/mol. The smallest absolute Gasteiger partial charge is 0.249 e. The summed E-state index contributed by atoms with van der Waals surface area (Å²) in [5.41, 5.74) is 0.659. The highest BCUT2D eigenvalue weighted by Gasteiger charge is 2.27. The number of aromatic nitrogens is 4. The fraction of sp³-hybridized carbons (Fsp3) is 0.421. The Hall–Kier alpha value is -1.94. The minimum Gasteiger partial charge on any atom is -0.348 e. The lowest BCUT2D eigenvalue weighted by molar-refractivity contribution is 0.181. The van der Waals surface area contributed by atoms with E-state index < -0.39 is 0 Å². The Labute approximate surface area is 182 Å². The molecule has 0 saturated carbocycles. The van der Waals surface area contributed by atoms with Crippen molar-refractivity contribution in [1.82, 2.24) is 24.4 Å². The summed E-state index contributed by atoms with van der Waals surface area (Å²) in [6, 6.07) is 6.46. The van der Waals surface area contributed by atoms with Gasteiger partial charge in [0.1, 0.15) is 5.65 Å². The molecule has 2 atom stereocenters. The lowest BCUT2D eigenvalue weighted by atomic mass is 9.98. The first-order valence-electron chi connectivity index (χ1n) is 9.41. The molecule has 0 amide bonds. The average Bonchev–Trinajstić information content (AvgIpc) is 3.35. The number of anilines is 1. The van der Waals surface area contributed by atoms with Crippen LogP contribution in [0, 0.1) is 0 Å². The molecule has 1 fully saturated rings. The van der Waals surface area contributed by atoms with Gasteiger partial charge in [-0.1, -0.05) is 22.7 Å². The van der Waals surface area contributed by atoms with E-state index in [1.165, 1.54) is 0 Å². The van der Waals surface area contributed by atoms with Crippen LogP contribution in [0.1, 0.15) is 19.8 Å². The minimum absolute atomic E-state index is 0. The van der Waals surface area contributed by atoms with Crippen molar-refractivity contribution < 1.29 is 0 Å². The van der Waals surface area contributed by atoms with Crippen molar-refractivity contribution in [3.05, 3.63) is 34.7 Å². The van der Waals surface area contributed by atoms with Gasteiger partial charge in [0.05, 0.1) is 0 Å². The van der Waals surface area contributed by atoms with Crippen LogP contribution in [-0.4, -0.2) is 57.1 Å². The summed E-state index contributed by atoms with van der Waals surface area (Å²) in [6.45, 7) is 3.41. The predicted octanol–water partition coefficient (Wildman–Crippen LogP) is 3.73. The number of hydrogen-bond donors (Lipinski definition) is 1. The number of aromatic amines is 1. The molecule has 4 aromatic rings. The molecule has 1 saturated heterocycles. The van der Waals surface area contributed by atoms with E-state index in [2.05, 4.69) is 35.8 Å². The van der Waals surface area contributed by atoms with Crippen LogP contribution in [0.15, 0.2) is 29.2 Å². The van der Waals surface area contributed by atoms with Gasteiger partial charge in [-0.25, -0.2) is 9.97 Å². The third-order valence-corrected chi connectivity index (χ3v) is 7.88. The number of fused-ring (bicyclic) bond motifs is 2. The molecule has 154 valence electrons. The predicted molar refractivity (Wildman–Crippen MR) is 124 cm³/mol. The highest BCUT2D eigenvalue weighted by Crippen LogP contribution is 2.36. The van der Waals surface area contributed by atoms with Gasteiger partial charge in [-0.3, -0.25) is 9.36 Å². The van der Waals surface area contributed by atoms with E-state index in [0.717, 1.165) is 50.3 Å². The molecule has 5 heterocycles. The number of hydrogen-bond acceptors (Lipinski definition) is 7. The van der Waals surface area contributed by atoms with Crippen LogP contribution in [0.5, 0.6) is 0 Å². The quantitative estimate of drug-likeness (QED) is 0.515. The molecule has 29 heavy (non-hydrogen) atoms. The molecule has 1 aliphatic heterocycles. The highest BCUT2D eigenvalue weighted by molar-refractivity contribution is 7.29. The molecule has 10 heteroatoms. The van der Waals surface area contributed by atoms with Crippen LogP contribution in [0.25, 0.3) is 25.8 Å². The first-order valence-corrected chi connectivity index (χ1v) is 11.0. The standard InChI is InChI=1S/C19H22N6OS2.ClH/c1-11-10-13(7-8-23(11)2)24(3)18-21-16-17(27-18)22-19(28-16)25-9-6-12-4-5-14(26)20-15(12)25;/h4-6,9,11,13H,7-8,10H2,1-3H3,(H,20,26);1H. The Bertz CT molecular complexity index is 1180. The van der Waals surface area contributed by atoms with Crippen LogP contribution in [-0.2, 0) is 0 Å². The maximum atomic E-state index is 11.7. The average molecular weight is 451 g/mol. The molecule has 4 aromatic heterocycles. The van der Waals surface area contributed by atoms with Crippen molar-refractivity contribution in [2.75, 3.05) is 25.5 Å². The topological polar surface area (TPSA) is 70.0 Å². The summed E-state index contributed by atoms with van der Waals surface area (Å²) in [7, 11) is 4.35. The van der Waals surface area contributed by atoms with Gasteiger partial charge in [-0.2, -0.15) is 0 Å². The fourth-order valence-corrected chi connectivity index (χ4v) is 5.90. The molecule has 0 spiro atoms. The lowest BCUT2D eigenvalue weighted by Crippen LogP contribution is -2.46. The Morgan fingerprint density at radius 2 is 2.00 bits per heavy atom. The molecule has 1 aliphatic rings. The molecular formula is C19H23ClN6OS2. The first kappa shape index (κ1) is 20.3. The third kappa shape index (κ3) is 3.56. The van der Waals surface area contributed by atoms with Gasteiger partial charge < -0.3 is 14.8 Å². The number of nitrogens with one attached hydrogen (secondary N) is 1. The zero-order chi connectivity index (χ0) is 19.4. The summed E-state index contributed by atoms with van der Waals surface area (Å²) in [6.07, 6.45) is 4.25. The normalized spacial score (nSPS) is 20.2. The second-order valence-corrected chi connectivity index (χ2v) is 9.45. The van der Waals surface area contributed by atoms with Crippen molar-refractivity contribution in [2.45, 2.75) is 31.8 Å². The van der Waals surface area contributed by atoms with Gasteiger partial charge in [0, 0.05) is 43.3 Å². The molecule has 7 nitrogen and oxygen atoms in total. The Kier molecular flexibility index (Phi) is 5.41. The number of thiazole rings is 2. The van der Waals surface area contributed by atoms with Gasteiger partial charge in [0.15, 0.2) is 19.9 Å². The molecule has 0 aliphatic carbocycles. The van der Waals surface area contributed by atoms with E-state index in [9.17, 15) is 4.79 Å². The largest absolute Gasteiger partial charge is 0.348 e. The zero-order valence-electron chi connectivity index (χ0n) is 16.5. The number of piperidine rings is 1. The molecular weight excluding hydrogens is 428 g/mol. The minimum atomic E-state index is -0.111. The van der Waals surface area contributed by atoms with Gasteiger partial charge in [0.25, 0.3) is 0 Å². The van der Waals surface area contributed by atoms with Crippen molar-refractivity contribution in [3.8, 4) is 5.13 Å². The molecule has 0 bridgehead atoms. The second kappa shape index (κ2) is 7.71. The van der Waals surface area contributed by atoms with E-state index in [0.29, 0.717) is 12.1 Å². The van der Waals surface area contributed by atoms with Crippen molar-refractivity contribution >= 4 is 60.9 Å². The summed E-state index contributed by atoms with van der Waals surface area (Å²) < 4.78 is 1.93. The van der Waals surface area contributed by atoms with Crippen LogP contribution < -0.4 is 10.5 Å². The number of likely N-dealkylation sites (tertiary alicyclic amines) is 1. The number of rotatable bonds is 3. The maximum absolute atomic E-state index is 11.7. The molecule has 5 rings (SSSR count). The van der Waals surface area contributed by atoms with Gasteiger partial charge in [0.2, 0.25) is 5.56 Å². The Morgan fingerprint density at radius 1 is 1.21 bits per heavy atom. The Balaban J connectivity index is 0.00000205. The number of H-pyrrole nitrogens is 1. The van der Waals surface area contributed by atoms with Crippen molar-refractivity contribution in [1.29, 1.82) is 0 Å². The van der Waals surface area contributed by atoms with Crippen molar-refractivity contribution in [3.63, 3.8) is 0 Å². The maximum Gasteiger partial charge on any atom is 0.249 e. The molecule has 1 N–H and O–H groups in total. The number of pyridine rings is 1. The van der Waals surface area contributed by atoms with Crippen LogP contribution >= 0.6 is 35.1 Å². The van der Waals surface area contributed by atoms with Gasteiger partial charge >= 0.3 is 0 Å². The van der Waals surface area contributed by atoms with Gasteiger partial charge in [-0.15, -0.1) is 12.4 Å². The summed E-state index contributed by atoms with van der Waals surface area (Å²) in [5.74, 6) is 0. The molecule has 0 aromatic carbocycles. The second-order valence-electron chi connectivity index (χ2n) is 7.53. The van der Waals surface area contributed by atoms with E-state index in [1.807, 2.05) is 22.9 Å². The molecule has 0 radical (unpaired) electrons. The van der Waals surface area contributed by atoms with Gasteiger partial charge in [-0.05, 0) is 38.9 Å². The summed E-state index contributed by atoms with van der Waals surface area (Å²) in [4.78, 5) is 30.9.